The highest BCUT2D eigenvalue weighted by Gasteiger charge is 2.78. The summed E-state index contributed by atoms with van der Waals surface area (Å²) in [6.07, 6.45) is -1.79. The molecule has 3 fully saturated rings. The van der Waals surface area contributed by atoms with Gasteiger partial charge >= 0.3 is 18.1 Å². The SMILES string of the molecule is CCCCC(=O)O[C@]1(C(C)=O)C(C)C[C@H]2[C@@H]3CCC4=CC(=O)C=C[C@]4(C)[C@@]3(F)C(OC(=O)C(F)(F)F)C[C@@]21C. The molecule has 4 aliphatic rings. The average molecular weight is 557 g/mol. The van der Waals surface area contributed by atoms with Crippen LogP contribution in [0.15, 0.2) is 23.8 Å². The molecular weight excluding hydrogens is 520 g/mol. The second kappa shape index (κ2) is 9.54. The molecule has 0 heterocycles. The molecule has 39 heavy (non-hydrogen) atoms. The summed E-state index contributed by atoms with van der Waals surface area (Å²) < 4.78 is 69.1. The van der Waals surface area contributed by atoms with Crippen molar-refractivity contribution in [1.29, 1.82) is 0 Å². The Morgan fingerprint density at radius 1 is 1.15 bits per heavy atom. The van der Waals surface area contributed by atoms with Crippen molar-refractivity contribution in [2.45, 2.75) is 103 Å². The molecule has 0 amide bonds. The monoisotopic (exact) mass is 556 g/mol. The van der Waals surface area contributed by atoms with Crippen LogP contribution in [0.5, 0.6) is 0 Å². The van der Waals surface area contributed by atoms with E-state index in [1.165, 1.54) is 32.1 Å². The molecule has 8 atom stereocenters. The lowest BCUT2D eigenvalue weighted by molar-refractivity contribution is -0.251. The molecule has 0 aliphatic heterocycles. The number of carbonyl (C=O) groups excluding carboxylic acids is 4. The van der Waals surface area contributed by atoms with E-state index in [2.05, 4.69) is 0 Å². The van der Waals surface area contributed by atoms with Gasteiger partial charge in [0.15, 0.2) is 22.8 Å². The number of hydrogen-bond donors (Lipinski definition) is 0. The van der Waals surface area contributed by atoms with Gasteiger partial charge in [0.25, 0.3) is 0 Å². The van der Waals surface area contributed by atoms with Crippen molar-refractivity contribution in [3.05, 3.63) is 23.8 Å². The number of esters is 2. The first-order valence-electron chi connectivity index (χ1n) is 13.6. The van der Waals surface area contributed by atoms with Crippen LogP contribution in [0, 0.1) is 28.6 Å². The van der Waals surface area contributed by atoms with E-state index in [1.54, 1.807) is 13.8 Å². The van der Waals surface area contributed by atoms with Crippen molar-refractivity contribution in [3.8, 4) is 0 Å². The summed E-state index contributed by atoms with van der Waals surface area (Å²) in [5, 5.41) is 0. The molecular formula is C29H36F4O6. The largest absolute Gasteiger partial charge is 0.490 e. The van der Waals surface area contributed by atoms with Gasteiger partial charge in [0.1, 0.15) is 6.10 Å². The van der Waals surface area contributed by atoms with E-state index in [4.69, 9.17) is 9.47 Å². The maximum absolute atomic E-state index is 17.9. The van der Waals surface area contributed by atoms with Crippen LogP contribution in [0.4, 0.5) is 17.6 Å². The lowest BCUT2D eigenvalue weighted by Gasteiger charge is -2.63. The zero-order chi connectivity index (χ0) is 29.2. The zero-order valence-corrected chi connectivity index (χ0v) is 23.0. The highest BCUT2D eigenvalue weighted by Crippen LogP contribution is 2.72. The Labute approximate surface area is 225 Å². The number of ketones is 2. The molecule has 10 heteroatoms. The quantitative estimate of drug-likeness (QED) is 0.305. The summed E-state index contributed by atoms with van der Waals surface area (Å²) >= 11 is 0. The summed E-state index contributed by atoms with van der Waals surface area (Å²) in [6, 6.07) is 0. The van der Waals surface area contributed by atoms with Gasteiger partial charge in [-0.15, -0.1) is 0 Å². The summed E-state index contributed by atoms with van der Waals surface area (Å²) in [5.74, 6) is -5.99. The molecule has 2 unspecified atom stereocenters. The van der Waals surface area contributed by atoms with Crippen molar-refractivity contribution >= 4 is 23.5 Å². The molecule has 0 aromatic rings. The number of hydrogen-bond acceptors (Lipinski definition) is 6. The molecule has 0 aromatic carbocycles. The Morgan fingerprint density at radius 2 is 1.82 bits per heavy atom. The smallest absolute Gasteiger partial charge is 0.452 e. The number of rotatable bonds is 6. The highest BCUT2D eigenvalue weighted by molar-refractivity contribution is 6.01. The molecule has 0 saturated heterocycles. The first-order valence-corrected chi connectivity index (χ1v) is 13.6. The summed E-state index contributed by atoms with van der Waals surface area (Å²) in [5.41, 5.74) is -6.60. The maximum atomic E-state index is 17.9. The van der Waals surface area contributed by atoms with Gasteiger partial charge in [-0.05, 0) is 64.0 Å². The van der Waals surface area contributed by atoms with Crippen LogP contribution < -0.4 is 0 Å². The molecule has 0 bridgehead atoms. The van der Waals surface area contributed by atoms with Crippen LogP contribution in [0.25, 0.3) is 0 Å². The molecule has 3 saturated carbocycles. The minimum Gasteiger partial charge on any atom is -0.452 e. The predicted molar refractivity (Wildman–Crippen MR) is 132 cm³/mol. The number of Topliss-reactive ketones (excluding diaryl/α,β-unsaturated/α-hetero) is 1. The van der Waals surface area contributed by atoms with Crippen LogP contribution >= 0.6 is 0 Å². The maximum Gasteiger partial charge on any atom is 0.490 e. The Kier molecular flexibility index (Phi) is 7.21. The summed E-state index contributed by atoms with van der Waals surface area (Å²) in [6.45, 7) is 8.09. The van der Waals surface area contributed by atoms with Gasteiger partial charge in [-0.1, -0.05) is 38.8 Å². The molecule has 4 aliphatic carbocycles. The third kappa shape index (κ3) is 4.10. The van der Waals surface area contributed by atoms with Crippen LogP contribution in [0.3, 0.4) is 0 Å². The van der Waals surface area contributed by atoms with Gasteiger partial charge in [-0.25, -0.2) is 9.18 Å². The number of ether oxygens (including phenoxy) is 2. The van der Waals surface area contributed by atoms with E-state index >= 15 is 4.39 Å². The Bertz CT molecular complexity index is 1140. The van der Waals surface area contributed by atoms with Crippen molar-refractivity contribution in [2.24, 2.45) is 28.6 Å². The van der Waals surface area contributed by atoms with E-state index in [9.17, 15) is 32.3 Å². The molecule has 6 nitrogen and oxygen atoms in total. The standard InChI is InChI=1S/C29H36F4O6/c1-6-7-8-23(36)39-28(17(3)34)16(2)13-21-20-10-9-18-14-19(35)11-12-25(18,4)27(20,30)22(15-26(21,28)5)38-24(37)29(31,32)33/h11-12,14,16,20-22H,6-10,13,15H2,1-5H3/t16?,20-,21-,22?,25-,26-,27-,28-/m0/s1. The van der Waals surface area contributed by atoms with Crippen molar-refractivity contribution < 1.29 is 46.2 Å². The van der Waals surface area contributed by atoms with Gasteiger partial charge in [0.2, 0.25) is 0 Å². The summed E-state index contributed by atoms with van der Waals surface area (Å²) in [7, 11) is 0. The number of carbonyl (C=O) groups is 4. The van der Waals surface area contributed by atoms with Crippen molar-refractivity contribution in [3.63, 3.8) is 0 Å². The van der Waals surface area contributed by atoms with E-state index in [0.29, 0.717) is 31.3 Å². The third-order valence-electron chi connectivity index (χ3n) is 10.2. The van der Waals surface area contributed by atoms with Crippen LogP contribution in [-0.2, 0) is 28.7 Å². The molecule has 0 N–H and O–H groups in total. The zero-order valence-electron chi connectivity index (χ0n) is 23.0. The minimum absolute atomic E-state index is 0.0625. The van der Waals surface area contributed by atoms with E-state index in [-0.39, 0.29) is 18.6 Å². The van der Waals surface area contributed by atoms with Gasteiger partial charge in [-0.2, -0.15) is 13.2 Å². The molecule has 0 spiro atoms. The number of halogens is 4. The topological polar surface area (TPSA) is 86.7 Å². The second-order valence-corrected chi connectivity index (χ2v) is 12.1. The van der Waals surface area contributed by atoms with E-state index < -0.39 is 76.3 Å². The first kappa shape index (κ1) is 29.5. The molecule has 0 radical (unpaired) electrons. The average Bonchev–Trinajstić information content (AvgIpc) is 3.05. The predicted octanol–water partition coefficient (Wildman–Crippen LogP) is 5.78. The minimum atomic E-state index is -5.37. The molecule has 216 valence electrons. The Balaban J connectivity index is 1.88. The van der Waals surface area contributed by atoms with E-state index in [1.807, 2.05) is 6.92 Å². The number of fused-ring (bicyclic) bond motifs is 5. The fourth-order valence-corrected chi connectivity index (χ4v) is 8.41. The van der Waals surface area contributed by atoms with E-state index in [0.717, 1.165) is 0 Å². The number of allylic oxidation sites excluding steroid dienone is 4. The Morgan fingerprint density at radius 3 is 2.41 bits per heavy atom. The van der Waals surface area contributed by atoms with Crippen molar-refractivity contribution in [2.75, 3.05) is 0 Å². The van der Waals surface area contributed by atoms with Gasteiger partial charge in [0, 0.05) is 29.1 Å². The lowest BCUT2D eigenvalue weighted by atomic mass is 9.44. The second-order valence-electron chi connectivity index (χ2n) is 12.1. The lowest BCUT2D eigenvalue weighted by Crippen LogP contribution is -2.70. The number of unbranched alkanes of at least 4 members (excludes halogenated alkanes) is 1. The highest BCUT2D eigenvalue weighted by atomic mass is 19.4. The van der Waals surface area contributed by atoms with Crippen LogP contribution in [-0.4, -0.2) is 47.1 Å². The fraction of sp³-hybridized carbons (Fsp3) is 0.724. The normalized spacial score (nSPS) is 41.2. The first-order chi connectivity index (χ1) is 18.0. The van der Waals surface area contributed by atoms with Gasteiger partial charge in [-0.3, -0.25) is 14.4 Å². The third-order valence-corrected chi connectivity index (χ3v) is 10.2. The number of alkyl halides is 4. The van der Waals surface area contributed by atoms with Crippen molar-refractivity contribution in [1.82, 2.24) is 0 Å². The summed E-state index contributed by atoms with van der Waals surface area (Å²) in [4.78, 5) is 50.6. The van der Waals surface area contributed by atoms with Crippen LogP contribution in [0.1, 0.15) is 79.6 Å². The molecule has 0 aromatic heterocycles. The Hall–Kier alpha value is -2.52. The fourth-order valence-electron chi connectivity index (χ4n) is 8.41. The van der Waals surface area contributed by atoms with Crippen LogP contribution in [0.2, 0.25) is 0 Å². The molecule has 4 rings (SSSR count). The van der Waals surface area contributed by atoms with Gasteiger partial charge < -0.3 is 9.47 Å². The van der Waals surface area contributed by atoms with Gasteiger partial charge in [0.05, 0.1) is 0 Å².